The number of hydrogen-bond acceptors (Lipinski definition) is 7. The summed E-state index contributed by atoms with van der Waals surface area (Å²) in [4.78, 5) is 4.69. The third-order valence-corrected chi connectivity index (χ3v) is 5.24. The molecule has 4 N–H and O–H groups in total. The highest BCUT2D eigenvalue weighted by atomic mass is 16.8. The van der Waals surface area contributed by atoms with Crippen molar-refractivity contribution in [2.75, 3.05) is 37.3 Å². The summed E-state index contributed by atoms with van der Waals surface area (Å²) in [5.41, 5.74) is 2.61. The van der Waals surface area contributed by atoms with Crippen molar-refractivity contribution in [3.8, 4) is 5.75 Å². The zero-order valence-corrected chi connectivity index (χ0v) is 17.8. The lowest BCUT2D eigenvalue weighted by molar-refractivity contribution is 0.0300. The van der Waals surface area contributed by atoms with Gasteiger partial charge in [-0.15, -0.1) is 5.23 Å². The molecule has 0 aliphatic rings. The minimum Gasteiger partial charge on any atom is -0.497 e. The third-order valence-electron chi connectivity index (χ3n) is 5.24. The first-order valence-corrected chi connectivity index (χ1v) is 10.7. The molecule has 3 aromatic rings. The molecule has 1 aromatic heterocycles. The first-order valence-electron chi connectivity index (χ1n) is 10.7. The Balaban J connectivity index is 1.81. The van der Waals surface area contributed by atoms with E-state index >= 15 is 0 Å². The van der Waals surface area contributed by atoms with Crippen LogP contribution in [0.25, 0.3) is 21.8 Å². The van der Waals surface area contributed by atoms with Crippen molar-refractivity contribution in [1.29, 1.82) is 0 Å². The molecule has 0 amide bonds. The minimum atomic E-state index is 0.152. The van der Waals surface area contributed by atoms with Crippen LogP contribution in [-0.4, -0.2) is 42.1 Å². The normalized spacial score (nSPS) is 11.2. The Morgan fingerprint density at radius 1 is 0.967 bits per heavy atom. The van der Waals surface area contributed by atoms with E-state index in [1.807, 2.05) is 24.3 Å². The molecule has 0 saturated heterocycles. The predicted molar refractivity (Wildman–Crippen MR) is 122 cm³/mol. The number of unbranched alkanes of at least 4 members (excludes halogenated alkanes) is 3. The van der Waals surface area contributed by atoms with Gasteiger partial charge in [0.1, 0.15) is 11.4 Å². The molecule has 7 heteroatoms. The van der Waals surface area contributed by atoms with E-state index in [1.54, 1.807) is 19.2 Å². The SMILES string of the molecule is CCCCCCNCCCNc1c2cc(OC)ccc2nc2cccc(N(O)O)c12. The highest BCUT2D eigenvalue weighted by Crippen LogP contribution is 2.37. The average molecular weight is 413 g/mol. The highest BCUT2D eigenvalue weighted by molar-refractivity contribution is 6.12. The maximum Gasteiger partial charge on any atom is 0.119 e. The molecular formula is C23H32N4O3. The van der Waals surface area contributed by atoms with E-state index in [-0.39, 0.29) is 10.9 Å². The van der Waals surface area contributed by atoms with Crippen LogP contribution in [0.3, 0.4) is 0 Å². The Hall–Kier alpha value is -2.61. The summed E-state index contributed by atoms with van der Waals surface area (Å²) in [5.74, 6) is 0.725. The Bertz CT molecular complexity index is 962. The number of nitrogens with one attached hydrogen (secondary N) is 2. The molecule has 0 fully saturated rings. The monoisotopic (exact) mass is 412 g/mol. The highest BCUT2D eigenvalue weighted by Gasteiger charge is 2.15. The van der Waals surface area contributed by atoms with Crippen LogP contribution >= 0.6 is 0 Å². The van der Waals surface area contributed by atoms with E-state index < -0.39 is 0 Å². The quantitative estimate of drug-likeness (QED) is 0.190. The summed E-state index contributed by atoms with van der Waals surface area (Å²) in [6.45, 7) is 4.95. The van der Waals surface area contributed by atoms with Gasteiger partial charge in [0.05, 0.1) is 29.2 Å². The van der Waals surface area contributed by atoms with Crippen LogP contribution < -0.4 is 20.6 Å². The molecule has 0 unspecified atom stereocenters. The number of nitrogens with zero attached hydrogens (tertiary/aromatic N) is 2. The number of aromatic nitrogens is 1. The van der Waals surface area contributed by atoms with E-state index in [0.29, 0.717) is 10.9 Å². The summed E-state index contributed by atoms with van der Waals surface area (Å²) in [6, 6.07) is 11.0. The van der Waals surface area contributed by atoms with Crippen LogP contribution in [0.15, 0.2) is 36.4 Å². The molecule has 0 aliphatic heterocycles. The second-order valence-electron chi connectivity index (χ2n) is 7.42. The second-order valence-corrected chi connectivity index (χ2v) is 7.42. The third kappa shape index (κ3) is 5.30. The zero-order chi connectivity index (χ0) is 21.3. The standard InChI is InChI=1S/C23H32N4O3/c1-3-4-5-6-13-24-14-8-15-25-23-18-16-17(30-2)11-12-19(18)26-20-9-7-10-21(22(20)23)27(28)29/h7,9-12,16,24,28-29H,3-6,8,13-15H2,1-2H3,(H,25,26). The van der Waals surface area contributed by atoms with Crippen molar-refractivity contribution >= 4 is 33.2 Å². The van der Waals surface area contributed by atoms with Crippen molar-refractivity contribution in [2.45, 2.75) is 39.0 Å². The molecule has 0 aliphatic carbocycles. The van der Waals surface area contributed by atoms with Crippen LogP contribution in [-0.2, 0) is 0 Å². The smallest absolute Gasteiger partial charge is 0.119 e. The number of ether oxygens (including phenoxy) is 1. The lowest BCUT2D eigenvalue weighted by atomic mass is 10.1. The van der Waals surface area contributed by atoms with Gasteiger partial charge in [-0.05, 0) is 56.3 Å². The molecule has 0 saturated carbocycles. The minimum absolute atomic E-state index is 0.152. The Kier molecular flexibility index (Phi) is 8.07. The number of benzene rings is 2. The van der Waals surface area contributed by atoms with E-state index in [9.17, 15) is 10.4 Å². The van der Waals surface area contributed by atoms with Gasteiger partial charge in [-0.25, -0.2) is 4.98 Å². The molecule has 162 valence electrons. The molecule has 0 radical (unpaired) electrons. The van der Waals surface area contributed by atoms with Crippen LogP contribution in [0, 0.1) is 0 Å². The number of methoxy groups -OCH3 is 1. The van der Waals surface area contributed by atoms with Gasteiger partial charge in [0.15, 0.2) is 0 Å². The summed E-state index contributed by atoms with van der Waals surface area (Å²) in [7, 11) is 1.63. The second kappa shape index (κ2) is 11.0. The molecule has 0 spiro atoms. The Labute approximate surface area is 177 Å². The largest absolute Gasteiger partial charge is 0.497 e. The molecule has 2 aromatic carbocycles. The molecule has 0 bridgehead atoms. The van der Waals surface area contributed by atoms with E-state index in [2.05, 4.69) is 17.6 Å². The fourth-order valence-corrected chi connectivity index (χ4v) is 3.66. The first kappa shape index (κ1) is 22.1. The molecule has 3 rings (SSSR count). The van der Waals surface area contributed by atoms with Crippen LogP contribution in [0.4, 0.5) is 11.4 Å². The van der Waals surface area contributed by atoms with Crippen LogP contribution in [0.2, 0.25) is 0 Å². The molecular weight excluding hydrogens is 380 g/mol. The van der Waals surface area contributed by atoms with Gasteiger partial charge in [-0.1, -0.05) is 32.3 Å². The molecule has 30 heavy (non-hydrogen) atoms. The van der Waals surface area contributed by atoms with Crippen molar-refractivity contribution in [1.82, 2.24) is 10.3 Å². The lowest BCUT2D eigenvalue weighted by Crippen LogP contribution is -2.19. The number of hydrogen-bond donors (Lipinski definition) is 4. The van der Waals surface area contributed by atoms with Crippen LogP contribution in [0.5, 0.6) is 5.75 Å². The van der Waals surface area contributed by atoms with Gasteiger partial charge in [0, 0.05) is 11.9 Å². The lowest BCUT2D eigenvalue weighted by Gasteiger charge is -2.18. The van der Waals surface area contributed by atoms with Gasteiger partial charge >= 0.3 is 0 Å². The molecule has 1 heterocycles. The van der Waals surface area contributed by atoms with Crippen molar-refractivity contribution in [2.24, 2.45) is 0 Å². The van der Waals surface area contributed by atoms with Crippen molar-refractivity contribution < 1.29 is 15.2 Å². The number of rotatable bonds is 12. The zero-order valence-electron chi connectivity index (χ0n) is 17.8. The van der Waals surface area contributed by atoms with E-state index in [1.165, 1.54) is 25.7 Å². The topological polar surface area (TPSA) is 89.9 Å². The number of fused-ring (bicyclic) bond motifs is 2. The summed E-state index contributed by atoms with van der Waals surface area (Å²) >= 11 is 0. The van der Waals surface area contributed by atoms with Crippen LogP contribution in [0.1, 0.15) is 39.0 Å². The van der Waals surface area contributed by atoms with Gasteiger partial charge in [0.25, 0.3) is 0 Å². The summed E-state index contributed by atoms with van der Waals surface area (Å²) < 4.78 is 5.39. The van der Waals surface area contributed by atoms with E-state index in [4.69, 9.17) is 9.72 Å². The first-order chi connectivity index (χ1) is 14.7. The summed E-state index contributed by atoms with van der Waals surface area (Å²) in [5, 5.41) is 28.2. The van der Waals surface area contributed by atoms with Gasteiger partial charge in [-0.3, -0.25) is 10.4 Å². The summed E-state index contributed by atoms with van der Waals surface area (Å²) in [6.07, 6.45) is 5.99. The Morgan fingerprint density at radius 2 is 1.80 bits per heavy atom. The predicted octanol–water partition coefficient (Wildman–Crippen LogP) is 4.95. The number of pyridine rings is 1. The van der Waals surface area contributed by atoms with E-state index in [0.717, 1.165) is 48.4 Å². The Morgan fingerprint density at radius 3 is 2.57 bits per heavy atom. The molecule has 7 nitrogen and oxygen atoms in total. The molecule has 0 atom stereocenters. The average Bonchev–Trinajstić information content (AvgIpc) is 2.76. The van der Waals surface area contributed by atoms with Gasteiger partial charge < -0.3 is 15.4 Å². The van der Waals surface area contributed by atoms with Crippen molar-refractivity contribution in [3.05, 3.63) is 36.4 Å². The fraction of sp³-hybridized carbons (Fsp3) is 0.435. The fourth-order valence-electron chi connectivity index (χ4n) is 3.66. The maximum absolute atomic E-state index is 9.75. The van der Waals surface area contributed by atoms with Gasteiger partial charge in [-0.2, -0.15) is 0 Å². The number of anilines is 2. The van der Waals surface area contributed by atoms with Gasteiger partial charge in [0.2, 0.25) is 0 Å². The van der Waals surface area contributed by atoms with Crippen molar-refractivity contribution in [3.63, 3.8) is 0 Å². The maximum atomic E-state index is 9.75.